The molecule has 5 heteroatoms. The van der Waals surface area contributed by atoms with Crippen molar-refractivity contribution in [2.24, 2.45) is 0 Å². The molecule has 2 heterocycles. The summed E-state index contributed by atoms with van der Waals surface area (Å²) in [6.07, 6.45) is 3.57. The van der Waals surface area contributed by atoms with Crippen molar-refractivity contribution in [2.45, 2.75) is 44.9 Å². The van der Waals surface area contributed by atoms with Gasteiger partial charge in [-0.15, -0.1) is 0 Å². The van der Waals surface area contributed by atoms with Crippen LogP contribution in [-0.2, 0) is 4.74 Å². The number of rotatable bonds is 7. The third-order valence-corrected chi connectivity index (χ3v) is 4.20. The number of hydrogen-bond acceptors (Lipinski definition) is 5. The highest BCUT2D eigenvalue weighted by Gasteiger charge is 2.23. The SMILES string of the molecule is COCC(O)CN1CCC(NC(C)c2occc2C)CC1. The van der Waals surface area contributed by atoms with Crippen molar-refractivity contribution in [1.29, 1.82) is 0 Å². The predicted molar refractivity (Wildman–Crippen MR) is 82.3 cm³/mol. The number of β-amino-alcohol motifs (C(OH)–C–C–N with tert-alkyl or cyclic N) is 1. The highest BCUT2D eigenvalue weighted by molar-refractivity contribution is 5.17. The lowest BCUT2D eigenvalue weighted by atomic mass is 10.0. The van der Waals surface area contributed by atoms with Crippen LogP contribution >= 0.6 is 0 Å². The summed E-state index contributed by atoms with van der Waals surface area (Å²) >= 11 is 0. The molecule has 1 aliphatic heterocycles. The van der Waals surface area contributed by atoms with Crippen molar-refractivity contribution in [1.82, 2.24) is 10.2 Å². The number of aliphatic hydroxyl groups is 1. The molecule has 2 unspecified atom stereocenters. The van der Waals surface area contributed by atoms with E-state index < -0.39 is 0 Å². The fourth-order valence-electron chi connectivity index (χ4n) is 3.08. The van der Waals surface area contributed by atoms with Crippen molar-refractivity contribution in [3.63, 3.8) is 0 Å². The zero-order valence-electron chi connectivity index (χ0n) is 13.3. The van der Waals surface area contributed by atoms with Crippen molar-refractivity contribution in [3.05, 3.63) is 23.7 Å². The second-order valence-corrected chi connectivity index (χ2v) is 6.04. The fourth-order valence-corrected chi connectivity index (χ4v) is 3.08. The van der Waals surface area contributed by atoms with Crippen LogP contribution in [0.25, 0.3) is 0 Å². The van der Waals surface area contributed by atoms with E-state index in [1.165, 1.54) is 5.56 Å². The summed E-state index contributed by atoms with van der Waals surface area (Å²) in [4.78, 5) is 2.31. The van der Waals surface area contributed by atoms with Crippen LogP contribution in [0.3, 0.4) is 0 Å². The van der Waals surface area contributed by atoms with E-state index in [2.05, 4.69) is 24.1 Å². The summed E-state index contributed by atoms with van der Waals surface area (Å²) in [7, 11) is 1.62. The average Bonchev–Trinajstić information content (AvgIpc) is 2.87. The van der Waals surface area contributed by atoms with Crippen LogP contribution in [-0.4, -0.2) is 55.5 Å². The van der Waals surface area contributed by atoms with E-state index in [1.807, 2.05) is 6.07 Å². The second-order valence-electron chi connectivity index (χ2n) is 6.04. The number of likely N-dealkylation sites (tertiary alicyclic amines) is 1. The number of aliphatic hydroxyl groups excluding tert-OH is 1. The molecule has 0 amide bonds. The number of methoxy groups -OCH3 is 1. The van der Waals surface area contributed by atoms with Gasteiger partial charge in [-0.2, -0.15) is 0 Å². The minimum absolute atomic E-state index is 0.246. The number of piperidine rings is 1. The first-order chi connectivity index (χ1) is 10.1. The molecule has 2 N–H and O–H groups in total. The average molecular weight is 296 g/mol. The van der Waals surface area contributed by atoms with Crippen molar-refractivity contribution in [3.8, 4) is 0 Å². The van der Waals surface area contributed by atoms with Gasteiger partial charge in [0.15, 0.2) is 0 Å². The quantitative estimate of drug-likeness (QED) is 0.802. The Balaban J connectivity index is 1.73. The molecule has 21 heavy (non-hydrogen) atoms. The van der Waals surface area contributed by atoms with Gasteiger partial charge in [0.25, 0.3) is 0 Å². The Labute approximate surface area is 127 Å². The standard InChI is InChI=1S/C16H28N2O3/c1-12-6-9-21-16(12)13(2)17-14-4-7-18(8-5-14)10-15(19)11-20-3/h6,9,13-15,17,19H,4-5,7-8,10-11H2,1-3H3. The molecule has 2 atom stereocenters. The number of nitrogens with zero attached hydrogens (tertiary/aromatic N) is 1. The Morgan fingerprint density at radius 1 is 1.48 bits per heavy atom. The lowest BCUT2D eigenvalue weighted by Crippen LogP contribution is -2.46. The maximum Gasteiger partial charge on any atom is 0.123 e. The molecule has 1 fully saturated rings. The summed E-state index contributed by atoms with van der Waals surface area (Å²) in [5.41, 5.74) is 1.20. The zero-order chi connectivity index (χ0) is 15.2. The third kappa shape index (κ3) is 4.81. The first-order valence-corrected chi connectivity index (χ1v) is 7.79. The van der Waals surface area contributed by atoms with Gasteiger partial charge in [-0.05, 0) is 51.4 Å². The number of hydrogen-bond donors (Lipinski definition) is 2. The molecular weight excluding hydrogens is 268 g/mol. The van der Waals surface area contributed by atoms with E-state index in [0.29, 0.717) is 19.2 Å². The highest BCUT2D eigenvalue weighted by Crippen LogP contribution is 2.21. The van der Waals surface area contributed by atoms with Crippen LogP contribution < -0.4 is 5.32 Å². The van der Waals surface area contributed by atoms with E-state index in [4.69, 9.17) is 9.15 Å². The molecule has 1 aromatic rings. The minimum Gasteiger partial charge on any atom is -0.467 e. The van der Waals surface area contributed by atoms with E-state index in [0.717, 1.165) is 31.7 Å². The monoisotopic (exact) mass is 296 g/mol. The maximum atomic E-state index is 9.77. The number of nitrogens with one attached hydrogen (secondary N) is 1. The van der Waals surface area contributed by atoms with Gasteiger partial charge >= 0.3 is 0 Å². The normalized spacial score (nSPS) is 20.6. The van der Waals surface area contributed by atoms with E-state index >= 15 is 0 Å². The number of ether oxygens (including phenoxy) is 1. The molecule has 1 aliphatic rings. The van der Waals surface area contributed by atoms with Gasteiger partial charge in [-0.1, -0.05) is 0 Å². The predicted octanol–water partition coefficient (Wildman–Crippen LogP) is 1.71. The Morgan fingerprint density at radius 2 is 2.19 bits per heavy atom. The van der Waals surface area contributed by atoms with Crippen LogP contribution in [0.4, 0.5) is 0 Å². The number of aryl methyl sites for hydroxylation is 1. The Morgan fingerprint density at radius 3 is 2.76 bits per heavy atom. The molecule has 0 spiro atoms. The molecule has 0 aliphatic carbocycles. The van der Waals surface area contributed by atoms with Gasteiger partial charge in [0.2, 0.25) is 0 Å². The minimum atomic E-state index is -0.385. The summed E-state index contributed by atoms with van der Waals surface area (Å²) in [5.74, 6) is 1.04. The van der Waals surface area contributed by atoms with Crippen molar-refractivity contribution < 1.29 is 14.3 Å². The molecule has 0 saturated carbocycles. The lowest BCUT2D eigenvalue weighted by molar-refractivity contribution is 0.0307. The Hall–Kier alpha value is -0.880. The van der Waals surface area contributed by atoms with Gasteiger partial charge in [0.05, 0.1) is 25.0 Å². The first kappa shape index (κ1) is 16.5. The topological polar surface area (TPSA) is 57.9 Å². The van der Waals surface area contributed by atoms with Crippen LogP contribution in [0.15, 0.2) is 16.7 Å². The van der Waals surface area contributed by atoms with Crippen LogP contribution in [0.2, 0.25) is 0 Å². The molecule has 1 aromatic heterocycles. The largest absolute Gasteiger partial charge is 0.467 e. The second kappa shape index (κ2) is 7.94. The zero-order valence-corrected chi connectivity index (χ0v) is 13.3. The van der Waals surface area contributed by atoms with E-state index in [1.54, 1.807) is 13.4 Å². The molecule has 1 saturated heterocycles. The molecular formula is C16H28N2O3. The fraction of sp³-hybridized carbons (Fsp3) is 0.750. The van der Waals surface area contributed by atoms with Crippen molar-refractivity contribution >= 4 is 0 Å². The third-order valence-electron chi connectivity index (χ3n) is 4.20. The molecule has 5 nitrogen and oxygen atoms in total. The van der Waals surface area contributed by atoms with Gasteiger partial charge in [-0.3, -0.25) is 0 Å². The molecule has 0 bridgehead atoms. The smallest absolute Gasteiger partial charge is 0.123 e. The molecule has 2 rings (SSSR count). The van der Waals surface area contributed by atoms with E-state index in [9.17, 15) is 5.11 Å². The summed E-state index contributed by atoms with van der Waals surface area (Å²) < 4.78 is 10.5. The van der Waals surface area contributed by atoms with E-state index in [-0.39, 0.29) is 12.1 Å². The van der Waals surface area contributed by atoms with Crippen LogP contribution in [0.1, 0.15) is 37.1 Å². The van der Waals surface area contributed by atoms with Gasteiger partial charge in [-0.25, -0.2) is 0 Å². The van der Waals surface area contributed by atoms with Gasteiger partial charge < -0.3 is 24.5 Å². The lowest BCUT2D eigenvalue weighted by Gasteiger charge is -2.34. The summed E-state index contributed by atoms with van der Waals surface area (Å²) in [6.45, 7) is 7.38. The van der Waals surface area contributed by atoms with Crippen LogP contribution in [0, 0.1) is 6.92 Å². The Kier molecular flexibility index (Phi) is 6.23. The summed E-state index contributed by atoms with van der Waals surface area (Å²) in [5, 5.41) is 13.4. The van der Waals surface area contributed by atoms with Gasteiger partial charge in [0, 0.05) is 19.7 Å². The molecule has 120 valence electrons. The highest BCUT2D eigenvalue weighted by atomic mass is 16.5. The number of furan rings is 1. The van der Waals surface area contributed by atoms with Crippen LogP contribution in [0.5, 0.6) is 0 Å². The molecule has 0 radical (unpaired) electrons. The molecule has 0 aromatic carbocycles. The van der Waals surface area contributed by atoms with Crippen molar-refractivity contribution in [2.75, 3.05) is 33.4 Å². The maximum absolute atomic E-state index is 9.77. The van der Waals surface area contributed by atoms with Gasteiger partial charge in [0.1, 0.15) is 5.76 Å². The first-order valence-electron chi connectivity index (χ1n) is 7.79. The summed E-state index contributed by atoms with van der Waals surface area (Å²) in [6, 6.07) is 2.77. The Bertz CT molecular complexity index is 413.